The van der Waals surface area contributed by atoms with Gasteiger partial charge in [-0.25, -0.2) is 0 Å². The van der Waals surface area contributed by atoms with Crippen LogP contribution in [0.3, 0.4) is 0 Å². The van der Waals surface area contributed by atoms with Crippen LogP contribution < -0.4 is 0 Å². The Morgan fingerprint density at radius 2 is 2.24 bits per heavy atom. The number of benzene rings is 1. The van der Waals surface area contributed by atoms with Gasteiger partial charge in [-0.3, -0.25) is 9.59 Å². The van der Waals surface area contributed by atoms with Crippen LogP contribution in [0, 0.1) is 16.7 Å². The summed E-state index contributed by atoms with van der Waals surface area (Å²) in [6.45, 7) is 2.33. The molecule has 1 N–H and O–H groups in total. The van der Waals surface area contributed by atoms with Crippen molar-refractivity contribution in [2.75, 3.05) is 13.1 Å². The molecule has 5 nitrogen and oxygen atoms in total. The zero-order chi connectivity index (χ0) is 15.5. The lowest BCUT2D eigenvalue weighted by Gasteiger charge is -2.18. The van der Waals surface area contributed by atoms with E-state index in [2.05, 4.69) is 0 Å². The average Bonchev–Trinajstić information content (AvgIpc) is 2.89. The third-order valence-corrected chi connectivity index (χ3v) is 3.74. The minimum Gasteiger partial charge on any atom is -0.481 e. The molecule has 0 radical (unpaired) electrons. The van der Waals surface area contributed by atoms with Gasteiger partial charge < -0.3 is 10.0 Å². The molecule has 2 rings (SSSR count). The van der Waals surface area contributed by atoms with Crippen molar-refractivity contribution in [1.29, 1.82) is 5.26 Å². The van der Waals surface area contributed by atoms with E-state index in [1.54, 1.807) is 42.2 Å². The van der Waals surface area contributed by atoms with E-state index in [-0.39, 0.29) is 12.5 Å². The summed E-state index contributed by atoms with van der Waals surface area (Å²) in [6.07, 6.45) is 3.52. The zero-order valence-corrected chi connectivity index (χ0v) is 11.7. The molecule has 21 heavy (non-hydrogen) atoms. The number of carbonyl (C=O) groups excluding carboxylic acids is 1. The van der Waals surface area contributed by atoms with Gasteiger partial charge in [-0.15, -0.1) is 0 Å². The van der Waals surface area contributed by atoms with Crippen LogP contribution in [0.25, 0.3) is 6.08 Å². The van der Waals surface area contributed by atoms with Crippen LogP contribution in [0.1, 0.15) is 24.5 Å². The summed E-state index contributed by atoms with van der Waals surface area (Å²) >= 11 is 0. The number of hydrogen-bond acceptors (Lipinski definition) is 3. The second-order valence-electron chi connectivity index (χ2n) is 5.45. The molecule has 1 unspecified atom stereocenters. The van der Waals surface area contributed by atoms with Gasteiger partial charge in [-0.05, 0) is 37.1 Å². The van der Waals surface area contributed by atoms with Crippen LogP contribution in [-0.2, 0) is 9.59 Å². The normalized spacial score (nSPS) is 21.4. The van der Waals surface area contributed by atoms with E-state index in [1.807, 2.05) is 6.07 Å². The molecule has 1 aliphatic rings. The highest BCUT2D eigenvalue weighted by Gasteiger charge is 2.41. The standard InChI is InChI=1S/C16H16N2O3/c1-16(15(20)21)7-8-18(11-16)14(19)6-5-12-3-2-4-13(9-12)10-17/h2-6,9H,7-8,11H2,1H3,(H,20,21). The smallest absolute Gasteiger partial charge is 0.311 e. The molecule has 5 heteroatoms. The maximum absolute atomic E-state index is 12.1. The lowest BCUT2D eigenvalue weighted by Crippen LogP contribution is -2.34. The first-order chi connectivity index (χ1) is 9.94. The molecule has 1 fully saturated rings. The Labute approximate surface area is 123 Å². The highest BCUT2D eigenvalue weighted by molar-refractivity contribution is 5.92. The largest absolute Gasteiger partial charge is 0.481 e. The number of carbonyl (C=O) groups is 2. The third-order valence-electron chi connectivity index (χ3n) is 3.74. The first-order valence-electron chi connectivity index (χ1n) is 6.65. The second kappa shape index (κ2) is 5.80. The number of amides is 1. The fourth-order valence-electron chi connectivity index (χ4n) is 2.31. The fraction of sp³-hybridized carbons (Fsp3) is 0.312. The summed E-state index contributed by atoms with van der Waals surface area (Å²) in [5.41, 5.74) is 0.441. The van der Waals surface area contributed by atoms with Crippen LogP contribution in [0.5, 0.6) is 0 Å². The minimum absolute atomic E-state index is 0.206. The van der Waals surface area contributed by atoms with Gasteiger partial charge in [0.15, 0.2) is 0 Å². The van der Waals surface area contributed by atoms with Crippen molar-refractivity contribution in [2.24, 2.45) is 5.41 Å². The number of nitrogens with zero attached hydrogens (tertiary/aromatic N) is 2. The summed E-state index contributed by atoms with van der Waals surface area (Å²) in [5.74, 6) is -1.08. The Bertz CT molecular complexity index is 645. The highest BCUT2D eigenvalue weighted by Crippen LogP contribution is 2.30. The quantitative estimate of drug-likeness (QED) is 0.859. The molecule has 1 heterocycles. The molecule has 108 valence electrons. The number of carboxylic acids is 1. The fourth-order valence-corrected chi connectivity index (χ4v) is 2.31. The van der Waals surface area contributed by atoms with E-state index in [0.717, 1.165) is 5.56 Å². The molecule has 0 bridgehead atoms. The first-order valence-corrected chi connectivity index (χ1v) is 6.65. The monoisotopic (exact) mass is 284 g/mol. The summed E-state index contributed by atoms with van der Waals surface area (Å²) in [4.78, 5) is 24.8. The molecular formula is C16H16N2O3. The van der Waals surface area contributed by atoms with Gasteiger partial charge in [0.2, 0.25) is 5.91 Å². The number of aliphatic carboxylic acids is 1. The van der Waals surface area contributed by atoms with Crippen LogP contribution in [0.15, 0.2) is 30.3 Å². The van der Waals surface area contributed by atoms with E-state index in [1.165, 1.54) is 6.08 Å². The van der Waals surface area contributed by atoms with Crippen molar-refractivity contribution < 1.29 is 14.7 Å². The summed E-state index contributed by atoms with van der Waals surface area (Å²) in [5, 5.41) is 18.0. The Hall–Kier alpha value is -2.61. The van der Waals surface area contributed by atoms with Crippen LogP contribution >= 0.6 is 0 Å². The van der Waals surface area contributed by atoms with E-state index in [9.17, 15) is 9.59 Å². The lowest BCUT2D eigenvalue weighted by atomic mass is 9.90. The molecule has 0 aliphatic carbocycles. The predicted octanol–water partition coefficient (Wildman–Crippen LogP) is 1.89. The highest BCUT2D eigenvalue weighted by atomic mass is 16.4. The van der Waals surface area contributed by atoms with Gasteiger partial charge in [0.1, 0.15) is 0 Å². The van der Waals surface area contributed by atoms with Gasteiger partial charge in [0, 0.05) is 19.2 Å². The molecular weight excluding hydrogens is 268 g/mol. The topological polar surface area (TPSA) is 81.4 Å². The molecule has 1 aromatic rings. The SMILES string of the molecule is CC1(C(=O)O)CCN(C(=O)C=Cc2cccc(C#N)c2)C1. The van der Waals surface area contributed by atoms with Gasteiger partial charge in [-0.1, -0.05) is 12.1 Å². The molecule has 0 saturated carbocycles. The minimum atomic E-state index is -0.872. The maximum atomic E-state index is 12.1. The van der Waals surface area contributed by atoms with Gasteiger partial charge in [0.05, 0.1) is 17.0 Å². The Morgan fingerprint density at radius 3 is 2.86 bits per heavy atom. The lowest BCUT2D eigenvalue weighted by molar-refractivity contribution is -0.147. The molecule has 1 aromatic carbocycles. The van der Waals surface area contributed by atoms with E-state index >= 15 is 0 Å². The van der Waals surface area contributed by atoms with Crippen LogP contribution in [0.2, 0.25) is 0 Å². The van der Waals surface area contributed by atoms with Crippen molar-refractivity contribution in [2.45, 2.75) is 13.3 Å². The van der Waals surface area contributed by atoms with E-state index < -0.39 is 11.4 Å². The zero-order valence-electron chi connectivity index (χ0n) is 11.7. The van der Waals surface area contributed by atoms with Gasteiger partial charge in [-0.2, -0.15) is 5.26 Å². The van der Waals surface area contributed by atoms with E-state index in [4.69, 9.17) is 10.4 Å². The molecule has 1 amide bonds. The average molecular weight is 284 g/mol. The van der Waals surface area contributed by atoms with E-state index in [0.29, 0.717) is 18.5 Å². The van der Waals surface area contributed by atoms with Gasteiger partial charge in [0.25, 0.3) is 0 Å². The third kappa shape index (κ3) is 3.29. The van der Waals surface area contributed by atoms with Crippen LogP contribution in [-0.4, -0.2) is 35.0 Å². The van der Waals surface area contributed by atoms with Crippen molar-refractivity contribution in [3.05, 3.63) is 41.5 Å². The molecule has 0 spiro atoms. The number of carboxylic acid groups (broad SMARTS) is 1. The number of likely N-dealkylation sites (tertiary alicyclic amines) is 1. The van der Waals surface area contributed by atoms with Crippen molar-refractivity contribution in [3.63, 3.8) is 0 Å². The Morgan fingerprint density at radius 1 is 1.48 bits per heavy atom. The number of nitriles is 1. The van der Waals surface area contributed by atoms with Crippen molar-refractivity contribution in [3.8, 4) is 6.07 Å². The summed E-state index contributed by atoms with van der Waals surface area (Å²) in [7, 11) is 0. The Balaban J connectivity index is 2.04. The number of rotatable bonds is 3. The van der Waals surface area contributed by atoms with Gasteiger partial charge >= 0.3 is 5.97 Å². The Kier molecular flexibility index (Phi) is 4.08. The molecule has 0 aromatic heterocycles. The predicted molar refractivity (Wildman–Crippen MR) is 77.1 cm³/mol. The van der Waals surface area contributed by atoms with Crippen molar-refractivity contribution >= 4 is 18.0 Å². The van der Waals surface area contributed by atoms with Crippen molar-refractivity contribution in [1.82, 2.24) is 4.90 Å². The number of hydrogen-bond donors (Lipinski definition) is 1. The second-order valence-corrected chi connectivity index (χ2v) is 5.45. The summed E-state index contributed by atoms with van der Waals surface area (Å²) in [6, 6.07) is 8.97. The first kappa shape index (κ1) is 14.8. The molecule has 1 atom stereocenters. The molecule has 1 saturated heterocycles. The molecule has 1 aliphatic heterocycles. The van der Waals surface area contributed by atoms with Crippen LogP contribution in [0.4, 0.5) is 0 Å². The maximum Gasteiger partial charge on any atom is 0.311 e. The summed E-state index contributed by atoms with van der Waals surface area (Å²) < 4.78 is 0.